The number of carbonyl (C=O) groups excluding carboxylic acids is 1. The second-order valence-corrected chi connectivity index (χ2v) is 7.04. The fourth-order valence-corrected chi connectivity index (χ4v) is 2.43. The first-order valence-electron chi connectivity index (χ1n) is 8.25. The Morgan fingerprint density at radius 3 is 2.75 bits per heavy atom. The van der Waals surface area contributed by atoms with Gasteiger partial charge in [0, 0.05) is 12.5 Å². The van der Waals surface area contributed by atoms with Crippen molar-refractivity contribution in [1.29, 1.82) is 0 Å². The zero-order valence-corrected chi connectivity index (χ0v) is 15.1. The van der Waals surface area contributed by atoms with Crippen molar-refractivity contribution in [1.82, 2.24) is 25.4 Å². The monoisotopic (exact) mass is 333 g/mol. The molecular formula is C17H27N5O2. The average Bonchev–Trinajstić information content (AvgIpc) is 3.11. The van der Waals surface area contributed by atoms with Crippen LogP contribution in [0.3, 0.4) is 0 Å². The molecule has 0 aliphatic carbocycles. The lowest BCUT2D eigenvalue weighted by Gasteiger charge is -2.21. The van der Waals surface area contributed by atoms with Gasteiger partial charge in [0.1, 0.15) is 23.7 Å². The smallest absolute Gasteiger partial charge is 0.315 e. The molecule has 2 aromatic rings. The van der Waals surface area contributed by atoms with Gasteiger partial charge >= 0.3 is 6.03 Å². The predicted octanol–water partition coefficient (Wildman–Crippen LogP) is 2.76. The van der Waals surface area contributed by atoms with Crippen molar-refractivity contribution in [2.45, 2.75) is 65.6 Å². The normalized spacial score (nSPS) is 12.9. The highest BCUT2D eigenvalue weighted by molar-refractivity contribution is 5.74. The number of furan rings is 1. The SMILES string of the molecule is Cc1ccc(CC[C@@H](C)NC(=O)NCc2ncnn2C(C)(C)C)o1. The third kappa shape index (κ3) is 5.11. The van der Waals surface area contributed by atoms with E-state index in [1.165, 1.54) is 6.33 Å². The Morgan fingerprint density at radius 2 is 2.12 bits per heavy atom. The Labute approximate surface area is 142 Å². The van der Waals surface area contributed by atoms with Crippen LogP contribution in [0.5, 0.6) is 0 Å². The summed E-state index contributed by atoms with van der Waals surface area (Å²) in [5.74, 6) is 2.59. The predicted molar refractivity (Wildman–Crippen MR) is 91.6 cm³/mol. The van der Waals surface area contributed by atoms with Crippen LogP contribution in [0.1, 0.15) is 51.5 Å². The molecule has 0 aliphatic heterocycles. The standard InChI is InChI=1S/C17H27N5O2/c1-12(6-8-14-9-7-13(2)24-14)21-16(23)18-10-15-19-11-20-22(15)17(3,4)5/h7,9,11-12H,6,8,10H2,1-5H3,(H2,18,21,23)/t12-/m1/s1. The van der Waals surface area contributed by atoms with Crippen LogP contribution in [0, 0.1) is 6.92 Å². The van der Waals surface area contributed by atoms with Gasteiger partial charge < -0.3 is 15.1 Å². The van der Waals surface area contributed by atoms with Crippen LogP contribution in [-0.4, -0.2) is 26.8 Å². The van der Waals surface area contributed by atoms with Gasteiger partial charge in [0.05, 0.1) is 12.1 Å². The van der Waals surface area contributed by atoms with Gasteiger partial charge in [-0.3, -0.25) is 0 Å². The molecule has 2 amide bonds. The lowest BCUT2D eigenvalue weighted by Crippen LogP contribution is -2.41. The van der Waals surface area contributed by atoms with Crippen LogP contribution in [0.4, 0.5) is 4.79 Å². The summed E-state index contributed by atoms with van der Waals surface area (Å²) in [5.41, 5.74) is -0.168. The van der Waals surface area contributed by atoms with Gasteiger partial charge in [-0.1, -0.05) is 0 Å². The lowest BCUT2D eigenvalue weighted by atomic mass is 10.1. The van der Waals surface area contributed by atoms with Gasteiger partial charge in [-0.25, -0.2) is 14.5 Å². The van der Waals surface area contributed by atoms with Crippen molar-refractivity contribution in [3.8, 4) is 0 Å². The molecule has 0 unspecified atom stereocenters. The summed E-state index contributed by atoms with van der Waals surface area (Å²) in [5, 5.41) is 9.98. The van der Waals surface area contributed by atoms with E-state index in [4.69, 9.17) is 4.42 Å². The quantitative estimate of drug-likeness (QED) is 0.851. The van der Waals surface area contributed by atoms with Gasteiger partial charge in [-0.15, -0.1) is 0 Å². The number of urea groups is 1. The number of aromatic nitrogens is 3. The van der Waals surface area contributed by atoms with Crippen molar-refractivity contribution in [3.63, 3.8) is 0 Å². The Hall–Kier alpha value is -2.31. The van der Waals surface area contributed by atoms with Gasteiger partial charge in [0.25, 0.3) is 0 Å². The highest BCUT2D eigenvalue weighted by Gasteiger charge is 2.18. The van der Waals surface area contributed by atoms with Crippen LogP contribution in [-0.2, 0) is 18.5 Å². The van der Waals surface area contributed by atoms with E-state index in [-0.39, 0.29) is 17.6 Å². The molecule has 2 heterocycles. The Kier molecular flexibility index (Phi) is 5.64. The first kappa shape index (κ1) is 18.0. The summed E-state index contributed by atoms with van der Waals surface area (Å²) in [6, 6.07) is 3.77. The first-order chi connectivity index (χ1) is 11.3. The van der Waals surface area contributed by atoms with Crippen molar-refractivity contribution < 1.29 is 9.21 Å². The molecule has 7 nitrogen and oxygen atoms in total. The minimum absolute atomic E-state index is 0.0518. The molecule has 0 aliphatic rings. The molecule has 0 bridgehead atoms. The molecule has 132 valence electrons. The molecule has 0 spiro atoms. The van der Waals surface area contributed by atoms with Gasteiger partial charge in [-0.05, 0) is 53.2 Å². The number of rotatable bonds is 6. The minimum atomic E-state index is -0.207. The summed E-state index contributed by atoms with van der Waals surface area (Å²) < 4.78 is 7.35. The third-order valence-electron chi connectivity index (χ3n) is 3.66. The topological polar surface area (TPSA) is 85.0 Å². The largest absolute Gasteiger partial charge is 0.466 e. The summed E-state index contributed by atoms with van der Waals surface area (Å²) in [7, 11) is 0. The van der Waals surface area contributed by atoms with Gasteiger partial charge in [0.2, 0.25) is 0 Å². The number of hydrogen-bond donors (Lipinski definition) is 2. The zero-order valence-electron chi connectivity index (χ0n) is 15.1. The van der Waals surface area contributed by atoms with E-state index in [0.717, 1.165) is 30.2 Å². The number of carbonyl (C=O) groups is 1. The van der Waals surface area contributed by atoms with Crippen LogP contribution < -0.4 is 10.6 Å². The average molecular weight is 333 g/mol. The fraction of sp³-hybridized carbons (Fsp3) is 0.588. The van der Waals surface area contributed by atoms with Crippen molar-refractivity contribution in [2.75, 3.05) is 0 Å². The summed E-state index contributed by atoms with van der Waals surface area (Å²) in [6.07, 6.45) is 3.13. The van der Waals surface area contributed by atoms with E-state index >= 15 is 0 Å². The highest BCUT2D eigenvalue weighted by atomic mass is 16.3. The summed E-state index contributed by atoms with van der Waals surface area (Å²) >= 11 is 0. The van der Waals surface area contributed by atoms with Crippen LogP contribution in [0.25, 0.3) is 0 Å². The fourth-order valence-electron chi connectivity index (χ4n) is 2.43. The molecule has 0 saturated heterocycles. The van der Waals surface area contributed by atoms with E-state index in [2.05, 4.69) is 20.7 Å². The molecule has 24 heavy (non-hydrogen) atoms. The van der Waals surface area contributed by atoms with Crippen LogP contribution in [0.2, 0.25) is 0 Å². The molecular weight excluding hydrogens is 306 g/mol. The Balaban J connectivity index is 1.76. The molecule has 2 aromatic heterocycles. The maximum Gasteiger partial charge on any atom is 0.315 e. The molecule has 2 N–H and O–H groups in total. The van der Waals surface area contributed by atoms with E-state index in [1.807, 2.05) is 51.4 Å². The lowest BCUT2D eigenvalue weighted by molar-refractivity contribution is 0.235. The molecule has 0 radical (unpaired) electrons. The Morgan fingerprint density at radius 1 is 1.38 bits per heavy atom. The number of nitrogens with zero attached hydrogens (tertiary/aromatic N) is 3. The van der Waals surface area contributed by atoms with E-state index in [1.54, 1.807) is 0 Å². The molecule has 0 fully saturated rings. The number of aryl methyl sites for hydroxylation is 2. The third-order valence-corrected chi connectivity index (χ3v) is 3.66. The van der Waals surface area contributed by atoms with Crippen molar-refractivity contribution in [2.24, 2.45) is 0 Å². The van der Waals surface area contributed by atoms with Gasteiger partial charge in [-0.2, -0.15) is 5.10 Å². The molecule has 7 heteroatoms. The summed E-state index contributed by atoms with van der Waals surface area (Å²) in [4.78, 5) is 16.2. The van der Waals surface area contributed by atoms with E-state index in [9.17, 15) is 4.79 Å². The maximum absolute atomic E-state index is 12.0. The van der Waals surface area contributed by atoms with Crippen molar-refractivity contribution >= 4 is 6.03 Å². The number of nitrogens with one attached hydrogen (secondary N) is 2. The minimum Gasteiger partial charge on any atom is -0.466 e. The number of hydrogen-bond acceptors (Lipinski definition) is 4. The van der Waals surface area contributed by atoms with E-state index < -0.39 is 0 Å². The number of amides is 2. The van der Waals surface area contributed by atoms with Crippen molar-refractivity contribution in [3.05, 3.63) is 35.8 Å². The zero-order chi connectivity index (χ0) is 17.7. The molecule has 0 aromatic carbocycles. The van der Waals surface area contributed by atoms with Crippen LogP contribution >= 0.6 is 0 Å². The second-order valence-electron chi connectivity index (χ2n) is 7.04. The maximum atomic E-state index is 12.0. The van der Waals surface area contributed by atoms with E-state index in [0.29, 0.717) is 6.54 Å². The summed E-state index contributed by atoms with van der Waals surface area (Å²) in [6.45, 7) is 10.4. The van der Waals surface area contributed by atoms with Gasteiger partial charge in [0.15, 0.2) is 0 Å². The Bertz CT molecular complexity index is 669. The molecule has 1 atom stereocenters. The van der Waals surface area contributed by atoms with Crippen LogP contribution in [0.15, 0.2) is 22.9 Å². The molecule has 0 saturated carbocycles. The second kappa shape index (κ2) is 7.51. The molecule has 2 rings (SSSR count). The highest BCUT2D eigenvalue weighted by Crippen LogP contribution is 2.13. The first-order valence-corrected chi connectivity index (χ1v) is 8.25.